The van der Waals surface area contributed by atoms with Crippen molar-refractivity contribution in [2.24, 2.45) is 0 Å². The summed E-state index contributed by atoms with van der Waals surface area (Å²) in [6.45, 7) is 2.11. The van der Waals surface area contributed by atoms with Crippen molar-refractivity contribution in [3.8, 4) is 0 Å². The molecule has 0 aromatic carbocycles. The molecule has 0 unspecified atom stereocenters. The fraction of sp³-hybridized carbons (Fsp3) is 0.533. The van der Waals surface area contributed by atoms with Crippen LogP contribution in [0.15, 0.2) is 24.3 Å². The lowest BCUT2D eigenvalue weighted by Crippen LogP contribution is -2.33. The van der Waals surface area contributed by atoms with Crippen molar-refractivity contribution in [3.63, 3.8) is 0 Å². The summed E-state index contributed by atoms with van der Waals surface area (Å²) in [5.41, 5.74) is 7.35. The molecule has 0 amide bonds. The zero-order valence-electron chi connectivity index (χ0n) is 13.7. The standard InChI is InChI=1S/C15H21N5O5/c1-8(4-21)2-3-24-5-9-11(22)12(23)15(25-9)20-7-19-10-13(16)17-6-18-14(10)20/h2,6-7,9,11-12,15,21-23H,3-5H2,1H3,(H2,16,17,18)/b8-2+/t9-,11-,12-,15-/m1/s1. The van der Waals surface area contributed by atoms with Crippen molar-refractivity contribution in [2.75, 3.05) is 25.6 Å². The van der Waals surface area contributed by atoms with Crippen LogP contribution in [0.25, 0.3) is 11.2 Å². The van der Waals surface area contributed by atoms with Crippen molar-refractivity contribution >= 4 is 17.0 Å². The molecule has 2 aromatic rings. The number of imidazole rings is 1. The third kappa shape index (κ3) is 3.48. The average molecular weight is 351 g/mol. The highest BCUT2D eigenvalue weighted by atomic mass is 16.6. The van der Waals surface area contributed by atoms with Gasteiger partial charge in [0, 0.05) is 0 Å². The van der Waals surface area contributed by atoms with Crippen LogP contribution in [0.3, 0.4) is 0 Å². The van der Waals surface area contributed by atoms with Crippen LogP contribution in [-0.2, 0) is 9.47 Å². The van der Waals surface area contributed by atoms with Crippen LogP contribution >= 0.6 is 0 Å². The first-order valence-corrected chi connectivity index (χ1v) is 7.81. The predicted molar refractivity (Wildman–Crippen MR) is 87.3 cm³/mol. The Labute approximate surface area is 143 Å². The topological polar surface area (TPSA) is 149 Å². The van der Waals surface area contributed by atoms with E-state index in [1.54, 1.807) is 13.0 Å². The molecule has 10 heteroatoms. The Balaban J connectivity index is 1.70. The third-order valence-electron chi connectivity index (χ3n) is 4.08. The number of aliphatic hydroxyl groups excluding tert-OH is 3. The third-order valence-corrected chi connectivity index (χ3v) is 4.08. The van der Waals surface area contributed by atoms with E-state index < -0.39 is 24.5 Å². The summed E-state index contributed by atoms with van der Waals surface area (Å²) in [4.78, 5) is 12.1. The summed E-state index contributed by atoms with van der Waals surface area (Å²) in [6.07, 6.45) is 0.605. The molecular formula is C15H21N5O5. The average Bonchev–Trinajstić information content (AvgIpc) is 3.15. The Kier molecular flexibility index (Phi) is 5.25. The number of nitrogens with two attached hydrogens (primary N) is 1. The molecule has 0 radical (unpaired) electrons. The van der Waals surface area contributed by atoms with E-state index in [2.05, 4.69) is 15.0 Å². The Morgan fingerprint density at radius 1 is 1.36 bits per heavy atom. The Morgan fingerprint density at radius 3 is 2.92 bits per heavy atom. The smallest absolute Gasteiger partial charge is 0.167 e. The minimum absolute atomic E-state index is 0.0363. The fourth-order valence-corrected chi connectivity index (χ4v) is 2.60. The summed E-state index contributed by atoms with van der Waals surface area (Å²) in [5, 5.41) is 29.4. The fourth-order valence-electron chi connectivity index (χ4n) is 2.60. The van der Waals surface area contributed by atoms with Crippen molar-refractivity contribution in [1.82, 2.24) is 19.5 Å². The first kappa shape index (κ1) is 17.7. The maximum Gasteiger partial charge on any atom is 0.167 e. The number of anilines is 1. The van der Waals surface area contributed by atoms with Crippen LogP contribution in [-0.4, -0.2) is 73.0 Å². The lowest BCUT2D eigenvalue weighted by atomic mass is 10.1. The number of aromatic nitrogens is 4. The van der Waals surface area contributed by atoms with Gasteiger partial charge in [-0.15, -0.1) is 0 Å². The molecule has 1 saturated heterocycles. The molecule has 0 bridgehead atoms. The maximum atomic E-state index is 10.3. The molecule has 2 aromatic heterocycles. The van der Waals surface area contributed by atoms with Gasteiger partial charge in [0.2, 0.25) is 0 Å². The van der Waals surface area contributed by atoms with Crippen molar-refractivity contribution < 1.29 is 24.8 Å². The van der Waals surface area contributed by atoms with Crippen LogP contribution in [0.4, 0.5) is 5.82 Å². The van der Waals surface area contributed by atoms with Gasteiger partial charge >= 0.3 is 0 Å². The molecule has 25 heavy (non-hydrogen) atoms. The van der Waals surface area contributed by atoms with Crippen LogP contribution in [0.1, 0.15) is 13.2 Å². The normalized spacial score (nSPS) is 27.3. The SMILES string of the molecule is C/C(=C\COC[C@H]1O[C@@H](n2cnc3c(N)ncnc32)[C@H](O)[C@@H]1O)CO. The molecular weight excluding hydrogens is 330 g/mol. The summed E-state index contributed by atoms with van der Waals surface area (Å²) in [5.74, 6) is 0.225. The van der Waals surface area contributed by atoms with Gasteiger partial charge in [-0.05, 0) is 12.5 Å². The molecule has 3 heterocycles. The van der Waals surface area contributed by atoms with Gasteiger partial charge in [-0.2, -0.15) is 0 Å². The number of rotatable bonds is 6. The van der Waals surface area contributed by atoms with Crippen LogP contribution < -0.4 is 5.73 Å². The highest BCUT2D eigenvalue weighted by Gasteiger charge is 2.44. The molecule has 10 nitrogen and oxygen atoms in total. The van der Waals surface area contributed by atoms with Gasteiger partial charge in [-0.3, -0.25) is 4.57 Å². The van der Waals surface area contributed by atoms with E-state index in [9.17, 15) is 10.2 Å². The molecule has 1 fully saturated rings. The minimum Gasteiger partial charge on any atom is -0.392 e. The van der Waals surface area contributed by atoms with Gasteiger partial charge in [0.15, 0.2) is 17.7 Å². The van der Waals surface area contributed by atoms with E-state index >= 15 is 0 Å². The number of nitrogens with zero attached hydrogens (tertiary/aromatic N) is 4. The maximum absolute atomic E-state index is 10.3. The van der Waals surface area contributed by atoms with Crippen LogP contribution in [0.5, 0.6) is 0 Å². The van der Waals surface area contributed by atoms with Crippen molar-refractivity contribution in [1.29, 1.82) is 0 Å². The first-order valence-electron chi connectivity index (χ1n) is 7.81. The lowest BCUT2D eigenvalue weighted by molar-refractivity contribution is -0.0621. The highest BCUT2D eigenvalue weighted by molar-refractivity contribution is 5.81. The van der Waals surface area contributed by atoms with E-state index in [1.807, 2.05) is 0 Å². The second-order valence-corrected chi connectivity index (χ2v) is 5.88. The summed E-state index contributed by atoms with van der Waals surface area (Å²) >= 11 is 0. The largest absolute Gasteiger partial charge is 0.392 e. The number of hydrogen-bond acceptors (Lipinski definition) is 9. The van der Waals surface area contributed by atoms with E-state index in [-0.39, 0.29) is 25.6 Å². The molecule has 0 spiro atoms. The number of fused-ring (bicyclic) bond motifs is 1. The van der Waals surface area contributed by atoms with Crippen LogP contribution in [0, 0.1) is 0 Å². The first-order chi connectivity index (χ1) is 12.0. The van der Waals surface area contributed by atoms with Gasteiger partial charge in [0.1, 0.15) is 30.2 Å². The molecule has 0 saturated carbocycles. The van der Waals surface area contributed by atoms with E-state index in [4.69, 9.17) is 20.3 Å². The molecule has 4 atom stereocenters. The summed E-state index contributed by atoms with van der Waals surface area (Å²) in [6, 6.07) is 0. The number of nitrogen functional groups attached to an aromatic ring is 1. The molecule has 1 aliphatic heterocycles. The molecule has 3 rings (SSSR count). The van der Waals surface area contributed by atoms with Crippen molar-refractivity contribution in [2.45, 2.75) is 31.5 Å². The van der Waals surface area contributed by atoms with Crippen molar-refractivity contribution in [3.05, 3.63) is 24.3 Å². The summed E-state index contributed by atoms with van der Waals surface area (Å²) < 4.78 is 12.7. The van der Waals surface area contributed by atoms with Crippen LogP contribution in [0.2, 0.25) is 0 Å². The Bertz CT molecular complexity index is 764. The van der Waals surface area contributed by atoms with E-state index in [0.29, 0.717) is 11.2 Å². The minimum atomic E-state index is -1.17. The number of ether oxygens (including phenoxy) is 2. The van der Waals surface area contributed by atoms with Gasteiger partial charge in [0.25, 0.3) is 0 Å². The molecule has 0 aliphatic carbocycles. The summed E-state index contributed by atoms with van der Waals surface area (Å²) in [7, 11) is 0. The quantitative estimate of drug-likeness (QED) is 0.379. The highest BCUT2D eigenvalue weighted by Crippen LogP contribution is 2.32. The van der Waals surface area contributed by atoms with E-state index in [1.165, 1.54) is 17.2 Å². The van der Waals surface area contributed by atoms with Gasteiger partial charge in [-0.25, -0.2) is 15.0 Å². The zero-order chi connectivity index (χ0) is 18.0. The number of aliphatic hydroxyl groups is 3. The van der Waals surface area contributed by atoms with Gasteiger partial charge in [0.05, 0.1) is 26.1 Å². The van der Waals surface area contributed by atoms with Gasteiger partial charge < -0.3 is 30.5 Å². The van der Waals surface area contributed by atoms with Gasteiger partial charge in [-0.1, -0.05) is 6.08 Å². The molecule has 136 valence electrons. The lowest BCUT2D eigenvalue weighted by Gasteiger charge is -2.16. The zero-order valence-corrected chi connectivity index (χ0v) is 13.7. The Morgan fingerprint density at radius 2 is 2.16 bits per heavy atom. The Hall–Kier alpha value is -2.11. The molecule has 1 aliphatic rings. The second-order valence-electron chi connectivity index (χ2n) is 5.88. The monoisotopic (exact) mass is 351 g/mol. The molecule has 5 N–H and O–H groups in total. The predicted octanol–water partition coefficient (Wildman–Crippen LogP) is -1.02. The number of hydrogen-bond donors (Lipinski definition) is 4. The van der Waals surface area contributed by atoms with E-state index in [0.717, 1.165) is 5.57 Å². The second kappa shape index (κ2) is 7.42.